The van der Waals surface area contributed by atoms with Crippen LogP contribution in [0.4, 0.5) is 5.82 Å². The normalized spacial score (nSPS) is 15.0. The van der Waals surface area contributed by atoms with Gasteiger partial charge in [0.15, 0.2) is 0 Å². The predicted octanol–water partition coefficient (Wildman–Crippen LogP) is 1.60. The molecule has 0 radical (unpaired) electrons. The SMILES string of the molecule is Cc1nnc(Sc2ncnc(N3CCCC3)c2Br)n1N. The molecule has 0 spiro atoms. The number of nitrogen functional groups attached to an aromatic ring is 1. The maximum absolute atomic E-state index is 5.86. The van der Waals surface area contributed by atoms with E-state index < -0.39 is 0 Å². The van der Waals surface area contributed by atoms with Gasteiger partial charge in [0.1, 0.15) is 23.0 Å². The van der Waals surface area contributed by atoms with Crippen LogP contribution in [0.1, 0.15) is 18.7 Å². The maximum atomic E-state index is 5.86. The summed E-state index contributed by atoms with van der Waals surface area (Å²) in [5, 5.41) is 9.37. The van der Waals surface area contributed by atoms with Crippen molar-refractivity contribution in [3.05, 3.63) is 16.6 Å². The van der Waals surface area contributed by atoms with E-state index in [1.807, 2.05) is 6.92 Å². The van der Waals surface area contributed by atoms with Crippen LogP contribution < -0.4 is 10.7 Å². The quantitative estimate of drug-likeness (QED) is 0.660. The van der Waals surface area contributed by atoms with Crippen LogP contribution in [0.15, 0.2) is 21.0 Å². The van der Waals surface area contributed by atoms with Crippen molar-refractivity contribution in [2.75, 3.05) is 23.8 Å². The lowest BCUT2D eigenvalue weighted by molar-refractivity contribution is 0.821. The Balaban J connectivity index is 1.90. The molecular formula is C11H14BrN7S. The first-order chi connectivity index (χ1) is 9.66. The molecule has 1 saturated heterocycles. The third-order valence-corrected chi connectivity index (χ3v) is 5.12. The second-order valence-electron chi connectivity index (χ2n) is 4.51. The summed E-state index contributed by atoms with van der Waals surface area (Å²) in [4.78, 5) is 10.9. The van der Waals surface area contributed by atoms with E-state index in [1.165, 1.54) is 29.3 Å². The Bertz CT molecular complexity index is 623. The molecule has 9 heteroatoms. The molecule has 0 amide bonds. The number of aromatic nitrogens is 5. The highest BCUT2D eigenvalue weighted by atomic mass is 79.9. The molecule has 3 heterocycles. The van der Waals surface area contributed by atoms with E-state index in [0.717, 1.165) is 28.4 Å². The molecule has 7 nitrogen and oxygen atoms in total. The van der Waals surface area contributed by atoms with Gasteiger partial charge in [0, 0.05) is 13.1 Å². The highest BCUT2D eigenvalue weighted by molar-refractivity contribution is 9.10. The van der Waals surface area contributed by atoms with Crippen molar-refractivity contribution in [2.24, 2.45) is 0 Å². The largest absolute Gasteiger partial charge is 0.356 e. The smallest absolute Gasteiger partial charge is 0.216 e. The first kappa shape index (κ1) is 13.6. The van der Waals surface area contributed by atoms with Crippen LogP contribution in [0, 0.1) is 6.92 Å². The van der Waals surface area contributed by atoms with Gasteiger partial charge < -0.3 is 10.7 Å². The lowest BCUT2D eigenvalue weighted by atomic mass is 10.4. The topological polar surface area (TPSA) is 85.8 Å². The molecule has 20 heavy (non-hydrogen) atoms. The lowest BCUT2D eigenvalue weighted by Gasteiger charge is -2.18. The minimum absolute atomic E-state index is 0.606. The van der Waals surface area contributed by atoms with Gasteiger partial charge in [0.2, 0.25) is 5.16 Å². The van der Waals surface area contributed by atoms with Crippen LogP contribution in [0.3, 0.4) is 0 Å². The van der Waals surface area contributed by atoms with E-state index in [4.69, 9.17) is 5.84 Å². The second-order valence-corrected chi connectivity index (χ2v) is 6.26. The fourth-order valence-corrected chi connectivity index (χ4v) is 3.54. The van der Waals surface area contributed by atoms with Gasteiger partial charge in [0.05, 0.1) is 4.47 Å². The minimum atomic E-state index is 0.606. The maximum Gasteiger partial charge on any atom is 0.216 e. The molecule has 0 bridgehead atoms. The van der Waals surface area contributed by atoms with Crippen LogP contribution in [0.5, 0.6) is 0 Å². The van der Waals surface area contributed by atoms with E-state index in [1.54, 1.807) is 6.33 Å². The Morgan fingerprint density at radius 3 is 2.65 bits per heavy atom. The number of hydrogen-bond acceptors (Lipinski definition) is 7. The van der Waals surface area contributed by atoms with Crippen LogP contribution in [-0.2, 0) is 0 Å². The average molecular weight is 356 g/mol. The molecule has 2 aromatic rings. The minimum Gasteiger partial charge on any atom is -0.356 e. The van der Waals surface area contributed by atoms with Crippen molar-refractivity contribution in [1.82, 2.24) is 24.8 Å². The van der Waals surface area contributed by atoms with Crippen LogP contribution in [-0.4, -0.2) is 37.9 Å². The Hall–Kier alpha value is -1.35. The summed E-state index contributed by atoms with van der Waals surface area (Å²) in [6.45, 7) is 3.87. The van der Waals surface area contributed by atoms with Gasteiger partial charge in [-0.1, -0.05) is 0 Å². The van der Waals surface area contributed by atoms with Gasteiger partial charge in [-0.25, -0.2) is 14.6 Å². The molecule has 106 valence electrons. The number of aryl methyl sites for hydroxylation is 1. The number of hydrogen-bond donors (Lipinski definition) is 1. The summed E-state index contributed by atoms with van der Waals surface area (Å²) in [6.07, 6.45) is 3.98. The highest BCUT2D eigenvalue weighted by Gasteiger charge is 2.20. The highest BCUT2D eigenvalue weighted by Crippen LogP contribution is 2.36. The van der Waals surface area contributed by atoms with E-state index in [9.17, 15) is 0 Å². The molecular weight excluding hydrogens is 342 g/mol. The standard InChI is InChI=1S/C11H14BrN7S/c1-7-16-17-11(19(7)13)20-10-8(12)9(14-6-15-10)18-4-2-3-5-18/h6H,2-5,13H2,1H3. The van der Waals surface area contributed by atoms with E-state index >= 15 is 0 Å². The van der Waals surface area contributed by atoms with Gasteiger partial charge >= 0.3 is 0 Å². The van der Waals surface area contributed by atoms with Crippen LogP contribution >= 0.6 is 27.7 Å². The zero-order chi connectivity index (χ0) is 14.1. The molecule has 0 saturated carbocycles. The van der Waals surface area contributed by atoms with Crippen molar-refractivity contribution in [1.29, 1.82) is 0 Å². The van der Waals surface area contributed by atoms with Crippen molar-refractivity contribution >= 4 is 33.5 Å². The summed E-state index contributed by atoms with van der Waals surface area (Å²) in [5.41, 5.74) is 0. The van der Waals surface area contributed by atoms with Crippen molar-refractivity contribution in [3.8, 4) is 0 Å². The molecule has 0 aliphatic carbocycles. The monoisotopic (exact) mass is 355 g/mol. The number of nitrogens with zero attached hydrogens (tertiary/aromatic N) is 6. The number of nitrogens with two attached hydrogens (primary N) is 1. The Morgan fingerprint density at radius 2 is 2.00 bits per heavy atom. The van der Waals surface area contributed by atoms with Crippen LogP contribution in [0.25, 0.3) is 0 Å². The first-order valence-electron chi connectivity index (χ1n) is 6.27. The summed E-state index contributed by atoms with van der Waals surface area (Å²) in [7, 11) is 0. The molecule has 0 unspecified atom stereocenters. The molecule has 2 N–H and O–H groups in total. The van der Waals surface area contributed by atoms with E-state index in [0.29, 0.717) is 11.0 Å². The molecule has 2 aromatic heterocycles. The molecule has 0 atom stereocenters. The number of anilines is 1. The lowest BCUT2D eigenvalue weighted by Crippen LogP contribution is -2.20. The van der Waals surface area contributed by atoms with Gasteiger partial charge in [0.25, 0.3) is 0 Å². The molecule has 1 aliphatic heterocycles. The fraction of sp³-hybridized carbons (Fsp3) is 0.455. The predicted molar refractivity (Wildman–Crippen MR) is 80.2 cm³/mol. The summed E-state index contributed by atoms with van der Waals surface area (Å²) >= 11 is 4.97. The molecule has 3 rings (SSSR count). The zero-order valence-corrected chi connectivity index (χ0v) is 13.4. The Kier molecular flexibility index (Phi) is 3.79. The van der Waals surface area contributed by atoms with Gasteiger partial charge in [-0.15, -0.1) is 10.2 Å². The van der Waals surface area contributed by atoms with Gasteiger partial charge in [-0.05, 0) is 47.5 Å². The summed E-state index contributed by atoms with van der Waals surface area (Å²) in [5.74, 6) is 7.46. The number of halogens is 1. The zero-order valence-electron chi connectivity index (χ0n) is 11.0. The summed E-state index contributed by atoms with van der Waals surface area (Å²) in [6, 6.07) is 0. The van der Waals surface area contributed by atoms with Crippen molar-refractivity contribution in [3.63, 3.8) is 0 Å². The molecule has 1 fully saturated rings. The van der Waals surface area contributed by atoms with Crippen LogP contribution in [0.2, 0.25) is 0 Å². The average Bonchev–Trinajstić information content (AvgIpc) is 3.07. The fourth-order valence-electron chi connectivity index (χ4n) is 2.07. The van der Waals surface area contributed by atoms with Gasteiger partial charge in [-0.2, -0.15) is 0 Å². The van der Waals surface area contributed by atoms with Crippen molar-refractivity contribution in [2.45, 2.75) is 29.9 Å². The third kappa shape index (κ3) is 2.47. The van der Waals surface area contributed by atoms with Gasteiger partial charge in [-0.3, -0.25) is 0 Å². The second kappa shape index (κ2) is 5.57. The Morgan fingerprint density at radius 1 is 1.25 bits per heavy atom. The summed E-state index contributed by atoms with van der Waals surface area (Å²) < 4.78 is 2.34. The van der Waals surface area contributed by atoms with E-state index in [2.05, 4.69) is 41.0 Å². The first-order valence-corrected chi connectivity index (χ1v) is 7.88. The molecule has 1 aliphatic rings. The Labute approximate surface area is 129 Å². The third-order valence-electron chi connectivity index (χ3n) is 3.17. The number of rotatable bonds is 3. The molecule has 0 aromatic carbocycles. The van der Waals surface area contributed by atoms with Crippen molar-refractivity contribution < 1.29 is 0 Å². The van der Waals surface area contributed by atoms with E-state index in [-0.39, 0.29) is 0 Å².